The van der Waals surface area contributed by atoms with E-state index in [0.29, 0.717) is 28.3 Å². The first kappa shape index (κ1) is 19.7. The van der Waals surface area contributed by atoms with E-state index in [1.165, 1.54) is 4.57 Å². The summed E-state index contributed by atoms with van der Waals surface area (Å²) in [4.78, 5) is 25.2. The summed E-state index contributed by atoms with van der Waals surface area (Å²) in [7, 11) is 1.68. The van der Waals surface area contributed by atoms with Gasteiger partial charge in [-0.1, -0.05) is 18.6 Å². The molecule has 0 radical (unpaired) electrons. The van der Waals surface area contributed by atoms with Gasteiger partial charge in [-0.25, -0.2) is 4.79 Å². The van der Waals surface area contributed by atoms with E-state index in [-0.39, 0.29) is 17.8 Å². The smallest absolute Gasteiger partial charge is 0.339 e. The zero-order valence-electron chi connectivity index (χ0n) is 18.2. The average Bonchev–Trinajstić information content (AvgIpc) is 3.09. The van der Waals surface area contributed by atoms with Crippen molar-refractivity contribution in [1.82, 2.24) is 19.2 Å². The van der Waals surface area contributed by atoms with Gasteiger partial charge < -0.3 is 9.15 Å². The number of fused-ring (bicyclic) bond motifs is 6. The summed E-state index contributed by atoms with van der Waals surface area (Å²) in [6.45, 7) is 0.143. The topological polar surface area (TPSA) is 91.6 Å². The Hall–Kier alpha value is -3.94. The van der Waals surface area contributed by atoms with Crippen molar-refractivity contribution in [3.8, 4) is 5.75 Å². The molecule has 0 bridgehead atoms. The van der Waals surface area contributed by atoms with Gasteiger partial charge in [-0.2, -0.15) is 0 Å². The molecule has 3 heterocycles. The van der Waals surface area contributed by atoms with Crippen LogP contribution in [0.2, 0.25) is 0 Å². The van der Waals surface area contributed by atoms with Crippen molar-refractivity contribution in [3.05, 3.63) is 80.2 Å². The normalized spacial score (nSPS) is 14.0. The predicted octanol–water partition coefficient (Wildman–Crippen LogP) is 3.54. The fourth-order valence-corrected chi connectivity index (χ4v) is 4.83. The Labute approximate surface area is 188 Å². The molecule has 0 N–H and O–H groups in total. The molecular weight excluding hydrogens is 420 g/mol. The molecule has 0 unspecified atom stereocenters. The van der Waals surface area contributed by atoms with E-state index in [1.54, 1.807) is 19.2 Å². The van der Waals surface area contributed by atoms with E-state index < -0.39 is 0 Å². The van der Waals surface area contributed by atoms with E-state index in [1.807, 2.05) is 34.7 Å². The molecule has 6 rings (SSSR count). The molecule has 5 aromatic rings. The van der Waals surface area contributed by atoms with Crippen molar-refractivity contribution in [1.29, 1.82) is 0 Å². The molecule has 8 nitrogen and oxygen atoms in total. The standard InChI is InChI=1S/C25H22N4O4/c1-28-23(30)19-9-5-6-10-20(19)29-22(26-27-25(28)29)14-32-15-11-12-17-16-7-3-2-4-8-18(16)24(31)33-21(17)13-15/h5-6,9-13H,2-4,7-8,14H2,1H3. The van der Waals surface area contributed by atoms with Gasteiger partial charge in [-0.3, -0.25) is 13.8 Å². The first-order chi connectivity index (χ1) is 16.1. The number of hydrogen-bond donors (Lipinski definition) is 0. The Morgan fingerprint density at radius 2 is 1.79 bits per heavy atom. The number of benzene rings is 2. The highest BCUT2D eigenvalue weighted by Crippen LogP contribution is 2.29. The lowest BCUT2D eigenvalue weighted by Gasteiger charge is -2.11. The molecule has 3 aromatic heterocycles. The number of nitrogens with zero attached hydrogens (tertiary/aromatic N) is 4. The highest BCUT2D eigenvalue weighted by atomic mass is 16.5. The first-order valence-electron chi connectivity index (χ1n) is 11.1. The SMILES string of the molecule is Cn1c(=O)c2ccccc2n2c(COc3ccc4c5c(c(=O)oc4c3)CCCCC5)nnc12. The lowest BCUT2D eigenvalue weighted by molar-refractivity contribution is 0.295. The van der Waals surface area contributed by atoms with Gasteiger partial charge in [0.2, 0.25) is 5.78 Å². The molecule has 33 heavy (non-hydrogen) atoms. The minimum atomic E-state index is -0.243. The Bertz CT molecular complexity index is 1660. The lowest BCUT2D eigenvalue weighted by atomic mass is 10.0. The molecule has 166 valence electrons. The third-order valence-electron chi connectivity index (χ3n) is 6.51. The summed E-state index contributed by atoms with van der Waals surface area (Å²) >= 11 is 0. The van der Waals surface area contributed by atoms with Crippen LogP contribution >= 0.6 is 0 Å². The average molecular weight is 442 g/mol. The molecular formula is C25H22N4O4. The molecule has 0 amide bonds. The number of aromatic nitrogens is 4. The van der Waals surface area contributed by atoms with E-state index in [4.69, 9.17) is 9.15 Å². The zero-order chi connectivity index (χ0) is 22.5. The van der Waals surface area contributed by atoms with Gasteiger partial charge in [0.15, 0.2) is 5.82 Å². The van der Waals surface area contributed by atoms with Crippen LogP contribution in [0.25, 0.3) is 27.6 Å². The Balaban J connectivity index is 1.38. The summed E-state index contributed by atoms with van der Waals surface area (Å²) in [6.07, 6.45) is 4.91. The summed E-state index contributed by atoms with van der Waals surface area (Å²) in [6, 6.07) is 13.0. The second-order valence-electron chi connectivity index (χ2n) is 8.49. The molecule has 8 heteroatoms. The van der Waals surface area contributed by atoms with Gasteiger partial charge in [0.05, 0.1) is 10.9 Å². The molecule has 1 aliphatic rings. The van der Waals surface area contributed by atoms with Crippen molar-refractivity contribution in [2.45, 2.75) is 38.7 Å². The van der Waals surface area contributed by atoms with E-state index in [0.717, 1.165) is 54.1 Å². The molecule has 0 saturated heterocycles. The molecule has 0 fully saturated rings. The molecule has 1 aliphatic carbocycles. The molecule has 0 spiro atoms. The molecule has 0 aliphatic heterocycles. The van der Waals surface area contributed by atoms with Crippen LogP contribution in [0.4, 0.5) is 0 Å². The van der Waals surface area contributed by atoms with Gasteiger partial charge in [-0.15, -0.1) is 10.2 Å². The number of aryl methyl sites for hydroxylation is 2. The number of rotatable bonds is 3. The van der Waals surface area contributed by atoms with Crippen LogP contribution in [-0.4, -0.2) is 19.2 Å². The van der Waals surface area contributed by atoms with Gasteiger partial charge in [-0.05, 0) is 55.5 Å². The third-order valence-corrected chi connectivity index (χ3v) is 6.51. The van der Waals surface area contributed by atoms with Gasteiger partial charge >= 0.3 is 5.63 Å². The van der Waals surface area contributed by atoms with E-state index >= 15 is 0 Å². The Morgan fingerprint density at radius 1 is 0.970 bits per heavy atom. The minimum Gasteiger partial charge on any atom is -0.485 e. The quantitative estimate of drug-likeness (QED) is 0.314. The Kier molecular flexibility index (Phi) is 4.53. The van der Waals surface area contributed by atoms with Crippen LogP contribution in [0.1, 0.15) is 36.2 Å². The lowest BCUT2D eigenvalue weighted by Crippen LogP contribution is -2.20. The summed E-state index contributed by atoms with van der Waals surface area (Å²) in [5, 5.41) is 10.0. The number of ether oxygens (including phenoxy) is 1. The summed E-state index contributed by atoms with van der Waals surface area (Å²) in [5.41, 5.74) is 2.83. The maximum atomic E-state index is 12.6. The maximum Gasteiger partial charge on any atom is 0.339 e. The monoisotopic (exact) mass is 442 g/mol. The first-order valence-corrected chi connectivity index (χ1v) is 11.1. The van der Waals surface area contributed by atoms with Crippen LogP contribution in [0, 0.1) is 0 Å². The second-order valence-corrected chi connectivity index (χ2v) is 8.49. The van der Waals surface area contributed by atoms with Gasteiger partial charge in [0.1, 0.15) is 17.9 Å². The zero-order valence-corrected chi connectivity index (χ0v) is 18.2. The summed E-state index contributed by atoms with van der Waals surface area (Å²) < 4.78 is 15.0. The van der Waals surface area contributed by atoms with E-state index in [9.17, 15) is 9.59 Å². The van der Waals surface area contributed by atoms with Crippen LogP contribution in [-0.2, 0) is 26.5 Å². The largest absolute Gasteiger partial charge is 0.485 e. The Morgan fingerprint density at radius 3 is 2.67 bits per heavy atom. The number of hydrogen-bond acceptors (Lipinski definition) is 6. The van der Waals surface area contributed by atoms with Crippen LogP contribution in [0.5, 0.6) is 5.75 Å². The minimum absolute atomic E-state index is 0.123. The molecule has 0 saturated carbocycles. The fraction of sp³-hybridized carbons (Fsp3) is 0.280. The van der Waals surface area contributed by atoms with Gasteiger partial charge in [0.25, 0.3) is 5.56 Å². The van der Waals surface area contributed by atoms with Crippen molar-refractivity contribution < 1.29 is 9.15 Å². The van der Waals surface area contributed by atoms with Crippen molar-refractivity contribution in [3.63, 3.8) is 0 Å². The highest BCUT2D eigenvalue weighted by Gasteiger charge is 2.18. The van der Waals surface area contributed by atoms with Crippen molar-refractivity contribution in [2.75, 3.05) is 0 Å². The summed E-state index contributed by atoms with van der Waals surface area (Å²) in [5.74, 6) is 1.59. The fourth-order valence-electron chi connectivity index (χ4n) is 4.83. The van der Waals surface area contributed by atoms with Crippen LogP contribution < -0.4 is 15.9 Å². The predicted molar refractivity (Wildman–Crippen MR) is 124 cm³/mol. The van der Waals surface area contributed by atoms with E-state index in [2.05, 4.69) is 10.2 Å². The highest BCUT2D eigenvalue weighted by molar-refractivity contribution is 5.83. The maximum absolute atomic E-state index is 12.6. The van der Waals surface area contributed by atoms with Crippen LogP contribution in [0.3, 0.4) is 0 Å². The van der Waals surface area contributed by atoms with Crippen molar-refractivity contribution in [2.24, 2.45) is 7.05 Å². The number of para-hydroxylation sites is 1. The second kappa shape index (κ2) is 7.58. The van der Waals surface area contributed by atoms with Gasteiger partial charge in [0, 0.05) is 24.1 Å². The third kappa shape index (κ3) is 3.13. The van der Waals surface area contributed by atoms with Crippen molar-refractivity contribution >= 4 is 27.6 Å². The van der Waals surface area contributed by atoms with Crippen LogP contribution in [0.15, 0.2) is 56.5 Å². The molecule has 0 atom stereocenters. The molecule has 2 aromatic carbocycles.